The van der Waals surface area contributed by atoms with E-state index in [0.717, 1.165) is 16.1 Å². The molecule has 0 radical (unpaired) electrons. The zero-order valence-electron chi connectivity index (χ0n) is 17.6. The fraction of sp³-hybridized carbons (Fsp3) is 0.120. The second-order valence-electron chi connectivity index (χ2n) is 7.67. The molecule has 5 rings (SSSR count). The fourth-order valence-electron chi connectivity index (χ4n) is 3.83. The van der Waals surface area contributed by atoms with Crippen LogP contribution in [0.25, 0.3) is 21.8 Å². The number of amides is 1. The molecule has 0 aliphatic carbocycles. The Bertz CT molecular complexity index is 1400. The molecule has 1 fully saturated rings. The Hall–Kier alpha value is -3.49. The average molecular weight is 476 g/mol. The van der Waals surface area contributed by atoms with Crippen molar-refractivity contribution in [2.45, 2.75) is 6.42 Å². The van der Waals surface area contributed by atoms with E-state index in [-0.39, 0.29) is 11.7 Å². The van der Waals surface area contributed by atoms with Gasteiger partial charge >= 0.3 is 0 Å². The molecular formula is C25H21N3O3S2. The predicted octanol–water partition coefficient (Wildman–Crippen LogP) is 5.27. The summed E-state index contributed by atoms with van der Waals surface area (Å²) in [4.78, 5) is 18.6. The van der Waals surface area contributed by atoms with Crippen LogP contribution >= 0.6 is 11.3 Å². The van der Waals surface area contributed by atoms with Gasteiger partial charge < -0.3 is 5.32 Å². The summed E-state index contributed by atoms with van der Waals surface area (Å²) in [5.41, 5.74) is 3.52. The van der Waals surface area contributed by atoms with Crippen LogP contribution in [0, 0.1) is 0 Å². The lowest BCUT2D eigenvalue weighted by atomic mass is 10.1. The van der Waals surface area contributed by atoms with Crippen molar-refractivity contribution in [1.29, 1.82) is 0 Å². The van der Waals surface area contributed by atoms with Crippen molar-refractivity contribution < 1.29 is 13.2 Å². The maximum absolute atomic E-state index is 13.3. The second kappa shape index (κ2) is 8.80. The molecule has 3 aromatic carbocycles. The van der Waals surface area contributed by atoms with Crippen LogP contribution in [0.5, 0.6) is 0 Å². The van der Waals surface area contributed by atoms with E-state index >= 15 is 0 Å². The number of rotatable bonds is 5. The minimum Gasteiger partial charge on any atom is -0.321 e. The zero-order chi connectivity index (χ0) is 22.8. The van der Waals surface area contributed by atoms with Crippen molar-refractivity contribution in [3.05, 3.63) is 89.8 Å². The van der Waals surface area contributed by atoms with Crippen molar-refractivity contribution in [2.75, 3.05) is 21.9 Å². The molecule has 8 heteroatoms. The first-order valence-corrected chi connectivity index (χ1v) is 13.0. The van der Waals surface area contributed by atoms with Gasteiger partial charge in [0, 0.05) is 23.4 Å². The maximum Gasteiger partial charge on any atom is 0.268 e. The SMILES string of the molecule is O=C(Nc1cccc(N2CCCS2(=O)=O)c1)c1sc(-c2ccccc2)nc1-c1ccccc1. The fourth-order valence-corrected chi connectivity index (χ4v) is 6.37. The van der Waals surface area contributed by atoms with Crippen molar-refractivity contribution >= 4 is 38.6 Å². The average Bonchev–Trinajstić information content (AvgIpc) is 3.44. The summed E-state index contributed by atoms with van der Waals surface area (Å²) in [6.07, 6.45) is 0.600. The summed E-state index contributed by atoms with van der Waals surface area (Å²) in [6, 6.07) is 26.3. The van der Waals surface area contributed by atoms with Crippen molar-refractivity contribution in [2.24, 2.45) is 0 Å². The highest BCUT2D eigenvalue weighted by Gasteiger charge is 2.28. The highest BCUT2D eigenvalue weighted by atomic mass is 32.2. The van der Waals surface area contributed by atoms with Gasteiger partial charge in [0.15, 0.2) is 0 Å². The molecule has 2 heterocycles. The number of aromatic nitrogens is 1. The first kappa shape index (κ1) is 21.4. The summed E-state index contributed by atoms with van der Waals surface area (Å²) in [7, 11) is -3.29. The number of carbonyl (C=O) groups excluding carboxylic acids is 1. The third-order valence-corrected chi connectivity index (χ3v) is 8.37. The second-order valence-corrected chi connectivity index (χ2v) is 10.7. The molecule has 0 bridgehead atoms. The van der Waals surface area contributed by atoms with Crippen molar-refractivity contribution in [3.8, 4) is 21.8 Å². The largest absolute Gasteiger partial charge is 0.321 e. The Balaban J connectivity index is 1.49. The molecule has 33 heavy (non-hydrogen) atoms. The normalized spacial score (nSPS) is 14.8. The van der Waals surface area contributed by atoms with E-state index in [1.165, 1.54) is 15.6 Å². The molecule has 4 aromatic rings. The van der Waals surface area contributed by atoms with Gasteiger partial charge in [0.05, 0.1) is 17.1 Å². The maximum atomic E-state index is 13.3. The van der Waals surface area contributed by atoms with Gasteiger partial charge in [-0.25, -0.2) is 13.4 Å². The van der Waals surface area contributed by atoms with Crippen LogP contribution < -0.4 is 9.62 Å². The molecule has 0 atom stereocenters. The standard InChI is InChI=1S/C25H21N3O3S2/c29-24(26-20-13-7-14-21(17-20)28-15-8-16-33(28,30)31)23-22(18-9-3-1-4-10-18)27-25(32-23)19-11-5-2-6-12-19/h1-7,9-14,17H,8,15-16H2,(H,26,29). The van der Waals surface area contributed by atoms with Gasteiger partial charge in [-0.2, -0.15) is 0 Å². The van der Waals surface area contributed by atoms with Gasteiger partial charge in [-0.3, -0.25) is 9.10 Å². The minimum atomic E-state index is -3.29. The number of hydrogen-bond acceptors (Lipinski definition) is 5. The number of nitrogens with one attached hydrogen (secondary N) is 1. The van der Waals surface area contributed by atoms with E-state index in [2.05, 4.69) is 5.32 Å². The van der Waals surface area contributed by atoms with Crippen LogP contribution in [-0.2, 0) is 10.0 Å². The summed E-state index contributed by atoms with van der Waals surface area (Å²) >= 11 is 1.33. The van der Waals surface area contributed by atoms with Crippen LogP contribution in [-0.4, -0.2) is 31.6 Å². The van der Waals surface area contributed by atoms with Gasteiger partial charge in [0.25, 0.3) is 5.91 Å². The molecular weight excluding hydrogens is 454 g/mol. The highest BCUT2D eigenvalue weighted by Crippen LogP contribution is 2.35. The summed E-state index contributed by atoms with van der Waals surface area (Å²) < 4.78 is 26.0. The van der Waals surface area contributed by atoms with Gasteiger partial charge in [0.1, 0.15) is 9.88 Å². The van der Waals surface area contributed by atoms with Crippen LogP contribution in [0.2, 0.25) is 0 Å². The van der Waals surface area contributed by atoms with E-state index in [0.29, 0.717) is 34.9 Å². The molecule has 0 saturated carbocycles. The van der Waals surface area contributed by atoms with Gasteiger partial charge in [-0.1, -0.05) is 66.7 Å². The van der Waals surface area contributed by atoms with Crippen molar-refractivity contribution in [1.82, 2.24) is 4.98 Å². The van der Waals surface area contributed by atoms with Gasteiger partial charge in [-0.05, 0) is 24.6 Å². The molecule has 1 aliphatic rings. The Kier molecular flexibility index (Phi) is 5.70. The lowest BCUT2D eigenvalue weighted by Gasteiger charge is -2.17. The number of thiazole rings is 1. The molecule has 0 unspecified atom stereocenters. The minimum absolute atomic E-state index is 0.146. The Morgan fingerprint density at radius 3 is 2.27 bits per heavy atom. The molecule has 1 saturated heterocycles. The molecule has 1 amide bonds. The molecule has 6 nitrogen and oxygen atoms in total. The lowest BCUT2D eigenvalue weighted by molar-refractivity contribution is 0.103. The Morgan fingerprint density at radius 1 is 0.909 bits per heavy atom. The third-order valence-electron chi connectivity index (χ3n) is 5.39. The number of carbonyl (C=O) groups is 1. The van der Waals surface area contributed by atoms with Crippen LogP contribution in [0.4, 0.5) is 11.4 Å². The number of benzene rings is 3. The smallest absolute Gasteiger partial charge is 0.268 e. The van der Waals surface area contributed by atoms with Crippen LogP contribution in [0.1, 0.15) is 16.1 Å². The predicted molar refractivity (Wildman–Crippen MR) is 133 cm³/mol. The van der Waals surface area contributed by atoms with E-state index in [1.54, 1.807) is 24.3 Å². The molecule has 1 N–H and O–H groups in total. The number of hydrogen-bond donors (Lipinski definition) is 1. The first-order valence-electron chi connectivity index (χ1n) is 10.5. The Labute approximate surface area is 196 Å². The van der Waals surface area contributed by atoms with Crippen LogP contribution in [0.15, 0.2) is 84.9 Å². The quantitative estimate of drug-likeness (QED) is 0.427. The molecule has 1 aliphatic heterocycles. The molecule has 166 valence electrons. The lowest BCUT2D eigenvalue weighted by Crippen LogP contribution is -2.25. The summed E-state index contributed by atoms with van der Waals surface area (Å²) in [5.74, 6) is -0.136. The number of anilines is 2. The zero-order valence-corrected chi connectivity index (χ0v) is 19.3. The van der Waals surface area contributed by atoms with Gasteiger partial charge in [0.2, 0.25) is 10.0 Å². The van der Waals surface area contributed by atoms with E-state index in [9.17, 15) is 13.2 Å². The van der Waals surface area contributed by atoms with E-state index in [4.69, 9.17) is 4.98 Å². The number of nitrogens with zero attached hydrogens (tertiary/aromatic N) is 2. The molecule has 1 aromatic heterocycles. The highest BCUT2D eigenvalue weighted by molar-refractivity contribution is 7.93. The monoisotopic (exact) mass is 475 g/mol. The van der Waals surface area contributed by atoms with E-state index < -0.39 is 10.0 Å². The van der Waals surface area contributed by atoms with E-state index in [1.807, 2.05) is 60.7 Å². The third kappa shape index (κ3) is 4.40. The van der Waals surface area contributed by atoms with Gasteiger partial charge in [-0.15, -0.1) is 11.3 Å². The topological polar surface area (TPSA) is 79.4 Å². The number of sulfonamides is 1. The Morgan fingerprint density at radius 2 is 1.61 bits per heavy atom. The van der Waals surface area contributed by atoms with Crippen LogP contribution in [0.3, 0.4) is 0 Å². The molecule has 0 spiro atoms. The summed E-state index contributed by atoms with van der Waals surface area (Å²) in [6.45, 7) is 0.452. The summed E-state index contributed by atoms with van der Waals surface area (Å²) in [5, 5.41) is 3.70. The first-order chi connectivity index (χ1) is 16.0. The van der Waals surface area contributed by atoms with Crippen molar-refractivity contribution in [3.63, 3.8) is 0 Å².